The molecular weight excluding hydrogens is 446 g/mol. The molecule has 4 rings (SSSR count). The minimum absolute atomic E-state index is 0.0693. The molecule has 2 heterocycles. The van der Waals surface area contributed by atoms with Crippen LogP contribution in [-0.4, -0.2) is 64.2 Å². The Kier molecular flexibility index (Phi) is 8.13. The number of hydrogen-bond acceptors (Lipinski definition) is 6. The summed E-state index contributed by atoms with van der Waals surface area (Å²) in [6.45, 7) is 2.88. The van der Waals surface area contributed by atoms with Crippen molar-refractivity contribution in [1.29, 1.82) is 0 Å². The number of carbonyl (C=O) groups is 2. The van der Waals surface area contributed by atoms with Gasteiger partial charge in [-0.25, -0.2) is 0 Å². The Labute approximate surface area is 207 Å². The minimum atomic E-state index is -0.395. The van der Waals surface area contributed by atoms with Crippen LogP contribution >= 0.6 is 0 Å². The highest BCUT2D eigenvalue weighted by Gasteiger charge is 2.36. The number of nitrogens with zero attached hydrogens (tertiary/aromatic N) is 2. The molecule has 0 radical (unpaired) electrons. The third-order valence-corrected chi connectivity index (χ3v) is 6.98. The smallest absolute Gasteiger partial charge is 0.227 e. The number of ether oxygens (including phenoxy) is 3. The third kappa shape index (κ3) is 5.70. The Hall–Kier alpha value is -3.26. The van der Waals surface area contributed by atoms with Crippen LogP contribution in [0.4, 0.5) is 5.69 Å². The number of likely N-dealkylation sites (tertiary alicyclic amines) is 1. The van der Waals surface area contributed by atoms with Gasteiger partial charge in [-0.3, -0.25) is 14.5 Å². The van der Waals surface area contributed by atoms with Crippen LogP contribution in [0.2, 0.25) is 0 Å². The molecule has 0 spiro atoms. The van der Waals surface area contributed by atoms with E-state index in [2.05, 4.69) is 22.3 Å². The van der Waals surface area contributed by atoms with Crippen molar-refractivity contribution in [3.8, 4) is 17.2 Å². The van der Waals surface area contributed by atoms with E-state index in [9.17, 15) is 9.59 Å². The predicted octanol–water partition coefficient (Wildman–Crippen LogP) is 3.41. The number of nitrogens with one attached hydrogen (secondary N) is 1. The summed E-state index contributed by atoms with van der Waals surface area (Å²) in [5.41, 5.74) is 1.86. The number of benzene rings is 2. The molecule has 2 amide bonds. The molecule has 0 aromatic heterocycles. The summed E-state index contributed by atoms with van der Waals surface area (Å²) in [6.07, 6.45) is 3.77. The second kappa shape index (κ2) is 11.4. The molecule has 0 aliphatic carbocycles. The van der Waals surface area contributed by atoms with Gasteiger partial charge in [0.2, 0.25) is 11.8 Å². The molecule has 2 aliphatic rings. The van der Waals surface area contributed by atoms with Crippen LogP contribution in [0.15, 0.2) is 42.5 Å². The Morgan fingerprint density at radius 2 is 1.69 bits per heavy atom. The first kappa shape index (κ1) is 24.9. The van der Waals surface area contributed by atoms with Crippen molar-refractivity contribution in [3.63, 3.8) is 0 Å². The maximum Gasteiger partial charge on any atom is 0.227 e. The fourth-order valence-corrected chi connectivity index (χ4v) is 4.98. The fourth-order valence-electron chi connectivity index (χ4n) is 4.98. The van der Waals surface area contributed by atoms with E-state index in [1.54, 1.807) is 38.4 Å². The second-order valence-corrected chi connectivity index (χ2v) is 9.08. The molecule has 0 bridgehead atoms. The largest absolute Gasteiger partial charge is 0.497 e. The van der Waals surface area contributed by atoms with Crippen molar-refractivity contribution in [1.82, 2.24) is 10.2 Å². The number of hydrogen-bond donors (Lipinski definition) is 1. The van der Waals surface area contributed by atoms with Crippen molar-refractivity contribution < 1.29 is 23.8 Å². The molecule has 8 nitrogen and oxygen atoms in total. The van der Waals surface area contributed by atoms with Gasteiger partial charge in [-0.1, -0.05) is 18.6 Å². The molecule has 2 atom stereocenters. The maximum absolute atomic E-state index is 13.1. The number of rotatable bonds is 9. The molecular formula is C27H35N3O5. The van der Waals surface area contributed by atoms with Gasteiger partial charge < -0.3 is 24.4 Å². The number of anilines is 1. The highest BCUT2D eigenvalue weighted by Crippen LogP contribution is 2.34. The predicted molar refractivity (Wildman–Crippen MR) is 134 cm³/mol. The Morgan fingerprint density at radius 1 is 0.971 bits per heavy atom. The van der Waals surface area contributed by atoms with Gasteiger partial charge in [0.25, 0.3) is 0 Å². The number of methoxy groups -OCH3 is 3. The standard InChI is InChI=1S/C27H35N3O5/c1-33-22-10-7-19(8-11-22)23(29-13-5-4-6-14-29)17-28-27(32)20-15-26(31)30(18-20)21-9-12-24(34-2)25(16-21)35-3/h7-12,16,20,23H,4-6,13-15,17-18H2,1-3H3,(H,28,32). The number of piperidine rings is 1. The van der Waals surface area contributed by atoms with Crippen molar-refractivity contribution in [2.45, 2.75) is 31.7 Å². The number of carbonyl (C=O) groups excluding carboxylic acids is 2. The van der Waals surface area contributed by atoms with Gasteiger partial charge in [0, 0.05) is 31.3 Å². The molecule has 8 heteroatoms. The zero-order valence-electron chi connectivity index (χ0n) is 20.8. The summed E-state index contributed by atoms with van der Waals surface area (Å²) in [7, 11) is 4.79. The zero-order valence-corrected chi connectivity index (χ0v) is 20.8. The lowest BCUT2D eigenvalue weighted by molar-refractivity contribution is -0.126. The molecule has 2 unspecified atom stereocenters. The van der Waals surface area contributed by atoms with Crippen LogP contribution in [0, 0.1) is 5.92 Å². The second-order valence-electron chi connectivity index (χ2n) is 9.08. The van der Waals surface area contributed by atoms with Crippen LogP contribution in [-0.2, 0) is 9.59 Å². The lowest BCUT2D eigenvalue weighted by Crippen LogP contribution is -2.42. The van der Waals surface area contributed by atoms with E-state index in [4.69, 9.17) is 14.2 Å². The molecule has 2 aromatic carbocycles. The summed E-state index contributed by atoms with van der Waals surface area (Å²) in [6, 6.07) is 13.5. The van der Waals surface area contributed by atoms with Crippen LogP contribution in [0.5, 0.6) is 17.2 Å². The Morgan fingerprint density at radius 3 is 2.34 bits per heavy atom. The summed E-state index contributed by atoms with van der Waals surface area (Å²) in [5.74, 6) is 1.41. The van der Waals surface area contributed by atoms with E-state index in [1.165, 1.54) is 6.42 Å². The highest BCUT2D eigenvalue weighted by molar-refractivity contribution is 6.00. The average molecular weight is 482 g/mol. The van der Waals surface area contributed by atoms with Crippen LogP contribution < -0.4 is 24.4 Å². The lowest BCUT2D eigenvalue weighted by Gasteiger charge is -2.35. The first-order valence-electron chi connectivity index (χ1n) is 12.2. The normalized spacial score (nSPS) is 19.3. The molecule has 2 fully saturated rings. The topological polar surface area (TPSA) is 80.3 Å². The van der Waals surface area contributed by atoms with Crippen LogP contribution in [0.1, 0.15) is 37.3 Å². The monoisotopic (exact) mass is 481 g/mol. The quantitative estimate of drug-likeness (QED) is 0.591. The molecule has 2 saturated heterocycles. The van der Waals surface area contributed by atoms with Gasteiger partial charge >= 0.3 is 0 Å². The van der Waals surface area contributed by atoms with Gasteiger partial charge in [0.05, 0.1) is 33.3 Å². The van der Waals surface area contributed by atoms with E-state index < -0.39 is 5.92 Å². The molecule has 35 heavy (non-hydrogen) atoms. The molecule has 2 aromatic rings. The summed E-state index contributed by atoms with van der Waals surface area (Å²) in [4.78, 5) is 30.0. The highest BCUT2D eigenvalue weighted by atomic mass is 16.5. The lowest BCUT2D eigenvalue weighted by atomic mass is 10.0. The van der Waals surface area contributed by atoms with E-state index in [-0.39, 0.29) is 24.3 Å². The van der Waals surface area contributed by atoms with Gasteiger partial charge in [-0.15, -0.1) is 0 Å². The van der Waals surface area contributed by atoms with E-state index in [0.717, 1.165) is 37.2 Å². The fraction of sp³-hybridized carbons (Fsp3) is 0.481. The van der Waals surface area contributed by atoms with Crippen molar-refractivity contribution >= 4 is 17.5 Å². The van der Waals surface area contributed by atoms with E-state index in [0.29, 0.717) is 30.3 Å². The van der Waals surface area contributed by atoms with Crippen molar-refractivity contribution in [3.05, 3.63) is 48.0 Å². The summed E-state index contributed by atoms with van der Waals surface area (Å²) >= 11 is 0. The maximum atomic E-state index is 13.1. The third-order valence-electron chi connectivity index (χ3n) is 6.98. The molecule has 1 N–H and O–H groups in total. The number of amides is 2. The van der Waals surface area contributed by atoms with Crippen LogP contribution in [0.3, 0.4) is 0 Å². The van der Waals surface area contributed by atoms with Crippen molar-refractivity contribution in [2.75, 3.05) is 52.4 Å². The molecule has 2 aliphatic heterocycles. The minimum Gasteiger partial charge on any atom is -0.497 e. The first-order chi connectivity index (χ1) is 17.0. The average Bonchev–Trinajstić information content (AvgIpc) is 3.30. The molecule has 0 saturated carbocycles. The summed E-state index contributed by atoms with van der Waals surface area (Å²) < 4.78 is 16.0. The van der Waals surface area contributed by atoms with Crippen LogP contribution in [0.25, 0.3) is 0 Å². The summed E-state index contributed by atoms with van der Waals surface area (Å²) in [5, 5.41) is 3.15. The Balaban J connectivity index is 1.42. The molecule has 188 valence electrons. The SMILES string of the molecule is COc1ccc(C(CNC(=O)C2CC(=O)N(c3ccc(OC)c(OC)c3)C2)N2CCCCC2)cc1. The van der Waals surface area contributed by atoms with E-state index in [1.807, 2.05) is 18.2 Å². The van der Waals surface area contributed by atoms with Crippen molar-refractivity contribution in [2.24, 2.45) is 5.92 Å². The van der Waals surface area contributed by atoms with E-state index >= 15 is 0 Å². The Bertz CT molecular complexity index is 1020. The zero-order chi connectivity index (χ0) is 24.8. The first-order valence-corrected chi connectivity index (χ1v) is 12.2. The van der Waals surface area contributed by atoms with Gasteiger partial charge in [-0.05, 0) is 55.8 Å². The van der Waals surface area contributed by atoms with Gasteiger partial charge in [-0.2, -0.15) is 0 Å². The van der Waals surface area contributed by atoms with Gasteiger partial charge in [0.15, 0.2) is 11.5 Å². The van der Waals surface area contributed by atoms with Gasteiger partial charge in [0.1, 0.15) is 5.75 Å².